The largest absolute Gasteiger partial charge is 0.381 e. The van der Waals surface area contributed by atoms with Gasteiger partial charge in [-0.2, -0.15) is 0 Å². The van der Waals surface area contributed by atoms with Gasteiger partial charge in [-0.3, -0.25) is 9.59 Å². The Hall–Kier alpha value is -2.68. The van der Waals surface area contributed by atoms with Gasteiger partial charge in [0.15, 0.2) is 0 Å². The molecule has 0 unspecified atom stereocenters. The molecule has 0 aliphatic rings. The van der Waals surface area contributed by atoms with E-state index >= 15 is 0 Å². The van der Waals surface area contributed by atoms with Crippen LogP contribution in [0.2, 0.25) is 0 Å². The van der Waals surface area contributed by atoms with Gasteiger partial charge < -0.3 is 5.32 Å². The number of hydrogen-bond acceptors (Lipinski definition) is 3. The molecule has 0 heterocycles. The molecule has 0 fully saturated rings. The van der Waals surface area contributed by atoms with Gasteiger partial charge >= 0.3 is 0 Å². The van der Waals surface area contributed by atoms with Gasteiger partial charge in [-0.25, -0.2) is 0 Å². The summed E-state index contributed by atoms with van der Waals surface area (Å²) in [6.45, 7) is 4.94. The van der Waals surface area contributed by atoms with Crippen molar-refractivity contribution < 1.29 is 0 Å². The summed E-state index contributed by atoms with van der Waals surface area (Å²) in [4.78, 5) is 23.9. The molecule has 0 amide bonds. The molecule has 3 rings (SSSR count). The van der Waals surface area contributed by atoms with Crippen molar-refractivity contribution in [2.24, 2.45) is 0 Å². The highest BCUT2D eigenvalue weighted by Gasteiger charge is 2.21. The Labute approximate surface area is 148 Å². The van der Waals surface area contributed by atoms with E-state index in [4.69, 9.17) is 0 Å². The Balaban J connectivity index is 1.66. The van der Waals surface area contributed by atoms with Crippen molar-refractivity contribution in [3.8, 4) is 11.1 Å². The van der Waals surface area contributed by atoms with Crippen LogP contribution in [0.15, 0.2) is 64.2 Å². The fourth-order valence-corrected chi connectivity index (χ4v) is 3.02. The fraction of sp³-hybridized carbons (Fsp3) is 0.273. The maximum atomic E-state index is 12.0. The van der Waals surface area contributed by atoms with E-state index in [2.05, 4.69) is 31.3 Å². The van der Waals surface area contributed by atoms with Crippen molar-refractivity contribution in [3.05, 3.63) is 86.2 Å². The van der Waals surface area contributed by atoms with Gasteiger partial charge in [0.2, 0.25) is 10.9 Å². The van der Waals surface area contributed by atoms with E-state index in [1.54, 1.807) is 0 Å². The van der Waals surface area contributed by atoms with Gasteiger partial charge in [0.1, 0.15) is 0 Å². The van der Waals surface area contributed by atoms with Crippen molar-refractivity contribution in [1.29, 1.82) is 0 Å². The van der Waals surface area contributed by atoms with Gasteiger partial charge in [0.25, 0.3) is 0 Å². The average Bonchev–Trinajstić information content (AvgIpc) is 2.64. The van der Waals surface area contributed by atoms with Crippen LogP contribution in [-0.4, -0.2) is 6.54 Å². The molecule has 0 aliphatic heterocycles. The zero-order valence-corrected chi connectivity index (χ0v) is 14.7. The lowest BCUT2D eigenvalue weighted by atomic mass is 9.95. The van der Waals surface area contributed by atoms with Gasteiger partial charge in [-0.1, -0.05) is 68.4 Å². The summed E-state index contributed by atoms with van der Waals surface area (Å²) in [5.41, 5.74) is 3.53. The summed E-state index contributed by atoms with van der Waals surface area (Å²) in [6, 6.07) is 18.2. The van der Waals surface area contributed by atoms with Crippen molar-refractivity contribution >= 4 is 5.69 Å². The third-order valence-corrected chi connectivity index (χ3v) is 4.56. The first-order valence-corrected chi connectivity index (χ1v) is 8.79. The van der Waals surface area contributed by atoms with E-state index < -0.39 is 5.43 Å². The first-order chi connectivity index (χ1) is 12.1. The second-order valence-corrected chi connectivity index (χ2v) is 6.70. The number of benzene rings is 2. The molecule has 25 heavy (non-hydrogen) atoms. The predicted molar refractivity (Wildman–Crippen MR) is 104 cm³/mol. The molecule has 0 bridgehead atoms. The van der Waals surface area contributed by atoms with Crippen molar-refractivity contribution in [2.75, 3.05) is 11.9 Å². The molecule has 0 saturated heterocycles. The highest BCUT2D eigenvalue weighted by molar-refractivity contribution is 5.81. The maximum absolute atomic E-state index is 12.0. The summed E-state index contributed by atoms with van der Waals surface area (Å²) in [7, 11) is 0. The lowest BCUT2D eigenvalue weighted by Crippen LogP contribution is -2.36. The SMILES string of the molecule is CC(C)c1ccc(-c2c(NCCCc3ccccc3)c(=O)c2=O)cc1. The van der Waals surface area contributed by atoms with Gasteiger partial charge in [-0.05, 0) is 35.4 Å². The molecule has 0 spiro atoms. The zero-order valence-electron chi connectivity index (χ0n) is 14.7. The van der Waals surface area contributed by atoms with Crippen LogP contribution in [0.1, 0.15) is 37.3 Å². The molecule has 0 aromatic heterocycles. The quantitative estimate of drug-likeness (QED) is 0.523. The van der Waals surface area contributed by atoms with Crippen LogP contribution in [-0.2, 0) is 6.42 Å². The summed E-state index contributed by atoms with van der Waals surface area (Å²) in [5.74, 6) is 0.442. The Morgan fingerprint density at radius 3 is 2.20 bits per heavy atom. The van der Waals surface area contributed by atoms with E-state index in [-0.39, 0.29) is 5.43 Å². The van der Waals surface area contributed by atoms with Crippen LogP contribution in [0.4, 0.5) is 5.69 Å². The van der Waals surface area contributed by atoms with Crippen LogP contribution >= 0.6 is 0 Å². The van der Waals surface area contributed by atoms with E-state index in [0.717, 1.165) is 18.4 Å². The minimum atomic E-state index is -0.400. The molecule has 0 atom stereocenters. The maximum Gasteiger partial charge on any atom is 0.250 e. The Kier molecular flexibility index (Phi) is 5.13. The van der Waals surface area contributed by atoms with Crippen LogP contribution in [0, 0.1) is 0 Å². The number of rotatable bonds is 7. The number of anilines is 1. The molecule has 0 saturated carbocycles. The highest BCUT2D eigenvalue weighted by Crippen LogP contribution is 2.25. The molecule has 3 aromatic carbocycles. The topological polar surface area (TPSA) is 46.2 Å². The third kappa shape index (κ3) is 3.71. The van der Waals surface area contributed by atoms with Crippen LogP contribution < -0.4 is 16.2 Å². The second-order valence-electron chi connectivity index (χ2n) is 6.70. The van der Waals surface area contributed by atoms with Crippen molar-refractivity contribution in [3.63, 3.8) is 0 Å². The standard InChI is InChI=1S/C22H23NO2/c1-15(2)17-10-12-18(13-11-17)19-20(22(25)21(19)24)23-14-6-9-16-7-4-3-5-8-16/h3-5,7-8,10-13,15,23H,6,9,14H2,1-2H3. The molecular formula is C22H23NO2. The fourth-order valence-electron chi connectivity index (χ4n) is 3.02. The van der Waals surface area contributed by atoms with Crippen LogP contribution in [0.25, 0.3) is 11.1 Å². The van der Waals surface area contributed by atoms with Gasteiger partial charge in [0.05, 0.1) is 11.3 Å². The molecule has 0 aliphatic carbocycles. The van der Waals surface area contributed by atoms with Gasteiger partial charge in [0, 0.05) is 6.54 Å². The molecule has 128 valence electrons. The first-order valence-electron chi connectivity index (χ1n) is 8.79. The number of nitrogens with one attached hydrogen (secondary N) is 1. The molecule has 3 heteroatoms. The van der Waals surface area contributed by atoms with Crippen molar-refractivity contribution in [1.82, 2.24) is 0 Å². The van der Waals surface area contributed by atoms with Crippen LogP contribution in [0.3, 0.4) is 0 Å². The smallest absolute Gasteiger partial charge is 0.250 e. The molecular weight excluding hydrogens is 310 g/mol. The minimum absolute atomic E-state index is 0.386. The molecule has 3 nitrogen and oxygen atoms in total. The van der Waals surface area contributed by atoms with E-state index in [9.17, 15) is 9.59 Å². The Bertz CT molecular complexity index is 902. The summed E-state index contributed by atoms with van der Waals surface area (Å²) in [5, 5.41) is 3.16. The lowest BCUT2D eigenvalue weighted by molar-refractivity contribution is 0.861. The molecule has 3 aromatic rings. The number of hydrogen-bond donors (Lipinski definition) is 1. The molecule has 1 N–H and O–H groups in total. The van der Waals surface area contributed by atoms with E-state index in [0.29, 0.717) is 23.7 Å². The summed E-state index contributed by atoms with van der Waals surface area (Å²) < 4.78 is 0. The normalized spacial score (nSPS) is 11.2. The first kappa shape index (κ1) is 17.2. The minimum Gasteiger partial charge on any atom is -0.381 e. The third-order valence-electron chi connectivity index (χ3n) is 4.56. The second kappa shape index (κ2) is 7.47. The predicted octanol–water partition coefficient (Wildman–Crippen LogP) is 4.12. The Morgan fingerprint density at radius 2 is 1.56 bits per heavy atom. The van der Waals surface area contributed by atoms with Crippen LogP contribution in [0.5, 0.6) is 0 Å². The van der Waals surface area contributed by atoms with Crippen molar-refractivity contribution in [2.45, 2.75) is 32.6 Å². The molecule has 0 radical (unpaired) electrons. The average molecular weight is 333 g/mol. The monoisotopic (exact) mass is 333 g/mol. The summed E-state index contributed by atoms with van der Waals surface area (Å²) in [6.07, 6.45) is 1.86. The highest BCUT2D eigenvalue weighted by atomic mass is 16.2. The van der Waals surface area contributed by atoms with E-state index in [1.807, 2.05) is 42.5 Å². The lowest BCUT2D eigenvalue weighted by Gasteiger charge is -2.14. The van der Waals surface area contributed by atoms with E-state index in [1.165, 1.54) is 11.1 Å². The Morgan fingerprint density at radius 1 is 0.880 bits per heavy atom. The summed E-state index contributed by atoms with van der Waals surface area (Å²) >= 11 is 0. The van der Waals surface area contributed by atoms with Gasteiger partial charge in [-0.15, -0.1) is 0 Å². The zero-order chi connectivity index (χ0) is 17.8. The number of aryl methyl sites for hydroxylation is 1.